The minimum atomic E-state index is -0.870. The van der Waals surface area contributed by atoms with E-state index < -0.39 is 18.3 Å². The molecule has 0 aliphatic heterocycles. The Morgan fingerprint density at radius 3 is 2.40 bits per heavy atom. The van der Waals surface area contributed by atoms with Gasteiger partial charge in [0, 0.05) is 6.42 Å². The van der Waals surface area contributed by atoms with Crippen molar-refractivity contribution in [3.05, 3.63) is 12.7 Å². The van der Waals surface area contributed by atoms with E-state index >= 15 is 0 Å². The van der Waals surface area contributed by atoms with Crippen LogP contribution in [0.2, 0.25) is 0 Å². The van der Waals surface area contributed by atoms with Gasteiger partial charge in [-0.2, -0.15) is 0 Å². The lowest BCUT2D eigenvalue weighted by molar-refractivity contribution is 0.0210. The molecule has 82 valence electrons. The van der Waals surface area contributed by atoms with Gasteiger partial charge in [0.15, 0.2) is 0 Å². The second kappa shape index (κ2) is 8.08. The molecular weight excluding hydrogens is 192 g/mol. The molecule has 15 heavy (non-hydrogen) atoms. The van der Waals surface area contributed by atoms with E-state index in [1.165, 1.54) is 6.08 Å². The first kappa shape index (κ1) is 13.7. The maximum Gasteiger partial charge on any atom is 0.134 e. The van der Waals surface area contributed by atoms with E-state index in [1.54, 1.807) is 6.92 Å². The summed E-state index contributed by atoms with van der Waals surface area (Å²) in [7, 11) is 0. The lowest BCUT2D eigenvalue weighted by atomic mass is 10.1. The molecule has 0 unspecified atom stereocenters. The third-order valence-electron chi connectivity index (χ3n) is 1.77. The summed E-state index contributed by atoms with van der Waals surface area (Å²) >= 11 is 0. The molecule has 0 aromatic carbocycles. The highest BCUT2D eigenvalue weighted by molar-refractivity contribution is 5.28. The first-order valence-corrected chi connectivity index (χ1v) is 4.77. The van der Waals surface area contributed by atoms with Crippen LogP contribution in [0.5, 0.6) is 0 Å². The Bertz CT molecular complexity index is 300. The van der Waals surface area contributed by atoms with Crippen molar-refractivity contribution in [1.82, 2.24) is 0 Å². The molecule has 0 fully saturated rings. The summed E-state index contributed by atoms with van der Waals surface area (Å²) in [4.78, 5) is 0. The Morgan fingerprint density at radius 2 is 1.87 bits per heavy atom. The Morgan fingerprint density at radius 1 is 1.20 bits per heavy atom. The lowest BCUT2D eigenvalue weighted by Crippen LogP contribution is -2.24. The molecule has 0 aliphatic carbocycles. The molecular formula is C12H16O3. The third-order valence-corrected chi connectivity index (χ3v) is 1.77. The van der Waals surface area contributed by atoms with Crippen molar-refractivity contribution in [2.75, 3.05) is 0 Å². The summed E-state index contributed by atoms with van der Waals surface area (Å²) in [6, 6.07) is 0. The van der Waals surface area contributed by atoms with Crippen LogP contribution in [-0.2, 0) is 0 Å². The van der Waals surface area contributed by atoms with Crippen molar-refractivity contribution in [3.63, 3.8) is 0 Å². The zero-order valence-electron chi connectivity index (χ0n) is 8.77. The van der Waals surface area contributed by atoms with Crippen LogP contribution >= 0.6 is 0 Å². The summed E-state index contributed by atoms with van der Waals surface area (Å²) in [6.45, 7) is 5.13. The van der Waals surface area contributed by atoms with Crippen molar-refractivity contribution in [3.8, 4) is 23.7 Å². The normalized spacial score (nSPS) is 14.9. The van der Waals surface area contributed by atoms with Crippen LogP contribution in [0, 0.1) is 23.7 Å². The number of hydrogen-bond acceptors (Lipinski definition) is 3. The molecule has 3 heteroatoms. The molecule has 0 saturated carbocycles. The van der Waals surface area contributed by atoms with Gasteiger partial charge in [-0.15, -0.1) is 0 Å². The minimum Gasteiger partial charge on any atom is -0.390 e. The highest BCUT2D eigenvalue weighted by Gasteiger charge is 2.11. The number of aliphatic hydroxyl groups excluding tert-OH is 3. The molecule has 3 N–H and O–H groups in total. The second-order valence-corrected chi connectivity index (χ2v) is 3.00. The maximum absolute atomic E-state index is 9.31. The van der Waals surface area contributed by atoms with Gasteiger partial charge in [-0.1, -0.05) is 31.4 Å². The Kier molecular flexibility index (Phi) is 7.40. The van der Waals surface area contributed by atoms with Crippen molar-refractivity contribution in [1.29, 1.82) is 0 Å². The summed E-state index contributed by atoms with van der Waals surface area (Å²) < 4.78 is 0. The van der Waals surface area contributed by atoms with Gasteiger partial charge in [0.25, 0.3) is 0 Å². The highest BCUT2D eigenvalue weighted by atomic mass is 16.3. The van der Waals surface area contributed by atoms with E-state index in [9.17, 15) is 10.2 Å². The van der Waals surface area contributed by atoms with Gasteiger partial charge < -0.3 is 15.3 Å². The molecule has 0 amide bonds. The van der Waals surface area contributed by atoms with Gasteiger partial charge >= 0.3 is 0 Å². The number of rotatable bonds is 4. The topological polar surface area (TPSA) is 60.7 Å². The largest absolute Gasteiger partial charge is 0.390 e. The van der Waals surface area contributed by atoms with Crippen LogP contribution in [-0.4, -0.2) is 33.6 Å². The molecule has 0 spiro atoms. The minimum absolute atomic E-state index is 0.174. The molecule has 0 heterocycles. The fourth-order valence-corrected chi connectivity index (χ4v) is 0.777. The van der Waals surface area contributed by atoms with Crippen molar-refractivity contribution < 1.29 is 15.3 Å². The Labute approximate surface area is 90.4 Å². The summed E-state index contributed by atoms with van der Waals surface area (Å²) in [5.74, 6) is 9.91. The number of aliphatic hydroxyl groups is 3. The van der Waals surface area contributed by atoms with E-state index in [0.717, 1.165) is 0 Å². The van der Waals surface area contributed by atoms with Crippen LogP contribution in [0.4, 0.5) is 0 Å². The zero-order chi connectivity index (χ0) is 11.7. The fraction of sp³-hybridized carbons (Fsp3) is 0.500. The van der Waals surface area contributed by atoms with E-state index in [1.807, 2.05) is 0 Å². The van der Waals surface area contributed by atoms with E-state index in [-0.39, 0.29) is 6.42 Å². The smallest absolute Gasteiger partial charge is 0.134 e. The van der Waals surface area contributed by atoms with Gasteiger partial charge in [-0.3, -0.25) is 0 Å². The second-order valence-electron chi connectivity index (χ2n) is 3.00. The Hall–Kier alpha value is -1.26. The van der Waals surface area contributed by atoms with Crippen molar-refractivity contribution >= 4 is 0 Å². The molecule has 0 aromatic heterocycles. The SMILES string of the molecule is C=C[C@H](O)C#CC#CC[C@H](O)[C@@H](O)CC. The quantitative estimate of drug-likeness (QED) is 0.452. The highest BCUT2D eigenvalue weighted by Crippen LogP contribution is 2.01. The molecule has 0 aliphatic rings. The average molecular weight is 208 g/mol. The van der Waals surface area contributed by atoms with Gasteiger partial charge in [0.2, 0.25) is 0 Å². The molecule has 0 radical (unpaired) electrons. The molecule has 0 bridgehead atoms. The molecule has 0 rings (SSSR count). The Balaban J connectivity index is 3.98. The van der Waals surface area contributed by atoms with Crippen LogP contribution in [0.25, 0.3) is 0 Å². The van der Waals surface area contributed by atoms with Crippen LogP contribution in [0.15, 0.2) is 12.7 Å². The maximum atomic E-state index is 9.31. The van der Waals surface area contributed by atoms with Gasteiger partial charge in [0.05, 0.1) is 12.2 Å². The predicted molar refractivity (Wildman–Crippen MR) is 58.7 cm³/mol. The first-order chi connectivity index (χ1) is 7.11. The summed E-state index contributed by atoms with van der Waals surface area (Å²) in [5, 5.41) is 27.5. The fourth-order valence-electron chi connectivity index (χ4n) is 0.777. The lowest BCUT2D eigenvalue weighted by Gasteiger charge is -2.12. The predicted octanol–water partition coefficient (Wildman–Crippen LogP) is 0.0620. The monoisotopic (exact) mass is 208 g/mol. The van der Waals surface area contributed by atoms with Gasteiger partial charge in [-0.05, 0) is 18.3 Å². The third kappa shape index (κ3) is 6.76. The molecule has 3 nitrogen and oxygen atoms in total. The van der Waals surface area contributed by atoms with Crippen LogP contribution < -0.4 is 0 Å². The summed E-state index contributed by atoms with van der Waals surface area (Å²) in [6.07, 6.45) is -0.493. The standard InChI is InChI=1S/C12H16O3/c1-3-10(13)8-6-5-7-9-12(15)11(14)4-2/h3,10-15H,1,4,9H2,2H3/t10-,11-,12-/m0/s1. The van der Waals surface area contributed by atoms with Crippen molar-refractivity contribution in [2.24, 2.45) is 0 Å². The molecule has 0 aromatic rings. The first-order valence-electron chi connectivity index (χ1n) is 4.77. The van der Waals surface area contributed by atoms with Gasteiger partial charge in [0.1, 0.15) is 6.10 Å². The molecule has 3 atom stereocenters. The van der Waals surface area contributed by atoms with Crippen LogP contribution in [0.3, 0.4) is 0 Å². The van der Waals surface area contributed by atoms with Gasteiger partial charge in [-0.25, -0.2) is 0 Å². The van der Waals surface area contributed by atoms with E-state index in [0.29, 0.717) is 6.42 Å². The zero-order valence-corrected chi connectivity index (χ0v) is 8.77. The summed E-state index contributed by atoms with van der Waals surface area (Å²) in [5.41, 5.74) is 0. The van der Waals surface area contributed by atoms with E-state index in [4.69, 9.17) is 5.11 Å². The van der Waals surface area contributed by atoms with E-state index in [2.05, 4.69) is 30.3 Å². The number of hydrogen-bond donors (Lipinski definition) is 3. The average Bonchev–Trinajstić information content (AvgIpc) is 2.26. The van der Waals surface area contributed by atoms with Crippen molar-refractivity contribution in [2.45, 2.75) is 38.1 Å². The molecule has 0 saturated heterocycles. The van der Waals surface area contributed by atoms with Crippen LogP contribution in [0.1, 0.15) is 19.8 Å².